The molecule has 1 heterocycles. The Morgan fingerprint density at radius 3 is 2.42 bits per heavy atom. The van der Waals surface area contributed by atoms with Crippen LogP contribution in [0, 0.1) is 11.3 Å². The molecule has 6 nitrogen and oxygen atoms in total. The molecular weight excluding hydrogens is 354 g/mol. The van der Waals surface area contributed by atoms with E-state index in [2.05, 4.69) is 4.98 Å². The molecule has 130 valence electrons. The van der Waals surface area contributed by atoms with Gasteiger partial charge in [0, 0.05) is 23.2 Å². The number of carbonyl (C=O) groups excluding carboxylic acids is 1. The molecule has 7 heteroatoms. The molecule has 3 aromatic rings. The van der Waals surface area contributed by atoms with Crippen molar-refractivity contribution >= 4 is 23.4 Å². The van der Waals surface area contributed by atoms with Crippen LogP contribution in [0.5, 0.6) is 5.75 Å². The number of rotatable bonds is 4. The van der Waals surface area contributed by atoms with Gasteiger partial charge in [-0.1, -0.05) is 11.6 Å². The Bertz CT molecular complexity index is 973. The van der Waals surface area contributed by atoms with Gasteiger partial charge < -0.3 is 9.15 Å². The number of carbonyl (C=O) groups is 1. The number of ether oxygens (including phenoxy) is 1. The quantitative estimate of drug-likeness (QED) is 0.692. The van der Waals surface area contributed by atoms with Crippen molar-refractivity contribution < 1.29 is 13.9 Å². The molecule has 0 unspecified atom stereocenters. The number of oxazole rings is 1. The first-order valence-corrected chi connectivity index (χ1v) is 8.00. The summed E-state index contributed by atoms with van der Waals surface area (Å²) in [6.45, 7) is 0. The van der Waals surface area contributed by atoms with E-state index in [-0.39, 0.29) is 23.4 Å². The van der Waals surface area contributed by atoms with Crippen LogP contribution in [-0.4, -0.2) is 25.0 Å². The number of anilines is 1. The van der Waals surface area contributed by atoms with Crippen molar-refractivity contribution in [2.24, 2.45) is 0 Å². The molecule has 0 spiro atoms. The molecule has 0 aliphatic rings. The van der Waals surface area contributed by atoms with Crippen LogP contribution in [0.4, 0.5) is 5.88 Å². The highest BCUT2D eigenvalue weighted by atomic mass is 35.5. The molecule has 0 bridgehead atoms. The number of hydrogen-bond donors (Lipinski definition) is 0. The highest BCUT2D eigenvalue weighted by Crippen LogP contribution is 2.29. The topological polar surface area (TPSA) is 79.4 Å². The lowest BCUT2D eigenvalue weighted by Crippen LogP contribution is -2.26. The van der Waals surface area contributed by atoms with Crippen LogP contribution in [0.15, 0.2) is 52.9 Å². The molecule has 0 aliphatic heterocycles. The van der Waals surface area contributed by atoms with Crippen molar-refractivity contribution in [1.29, 1.82) is 5.26 Å². The summed E-state index contributed by atoms with van der Waals surface area (Å²) in [7, 11) is 3.08. The molecule has 0 aliphatic carbocycles. The van der Waals surface area contributed by atoms with Crippen molar-refractivity contribution in [1.82, 2.24) is 4.98 Å². The summed E-state index contributed by atoms with van der Waals surface area (Å²) in [5.41, 5.74) is 1.11. The summed E-state index contributed by atoms with van der Waals surface area (Å²) in [6.07, 6.45) is 0. The predicted octanol–water partition coefficient (Wildman–Crippen LogP) is 4.15. The van der Waals surface area contributed by atoms with Crippen molar-refractivity contribution in [3.63, 3.8) is 0 Å². The Labute approximate surface area is 155 Å². The van der Waals surface area contributed by atoms with Gasteiger partial charge in [-0.15, -0.1) is 0 Å². The van der Waals surface area contributed by atoms with Crippen LogP contribution in [0.2, 0.25) is 5.02 Å². The van der Waals surface area contributed by atoms with E-state index in [1.54, 1.807) is 55.6 Å². The van der Waals surface area contributed by atoms with Gasteiger partial charge in [-0.2, -0.15) is 10.2 Å². The van der Waals surface area contributed by atoms with E-state index in [0.717, 1.165) is 0 Å². The maximum atomic E-state index is 12.7. The zero-order valence-corrected chi connectivity index (χ0v) is 14.8. The lowest BCUT2D eigenvalue weighted by Gasteiger charge is -2.14. The van der Waals surface area contributed by atoms with Crippen LogP contribution in [0.3, 0.4) is 0 Å². The number of amides is 1. The fourth-order valence-electron chi connectivity index (χ4n) is 2.35. The van der Waals surface area contributed by atoms with E-state index in [9.17, 15) is 10.1 Å². The number of nitriles is 1. The van der Waals surface area contributed by atoms with Gasteiger partial charge >= 0.3 is 0 Å². The minimum Gasteiger partial charge on any atom is -0.497 e. The fraction of sp³-hybridized carbons (Fsp3) is 0.105. The second-order valence-corrected chi connectivity index (χ2v) is 5.82. The second-order valence-electron chi connectivity index (χ2n) is 5.38. The third-order valence-corrected chi connectivity index (χ3v) is 4.00. The monoisotopic (exact) mass is 367 g/mol. The number of methoxy groups -OCH3 is 1. The van der Waals surface area contributed by atoms with Crippen molar-refractivity contribution in [2.75, 3.05) is 19.1 Å². The summed E-state index contributed by atoms with van der Waals surface area (Å²) in [6, 6.07) is 15.4. The summed E-state index contributed by atoms with van der Waals surface area (Å²) < 4.78 is 10.8. The van der Waals surface area contributed by atoms with Crippen LogP contribution in [-0.2, 0) is 0 Å². The normalized spacial score (nSPS) is 10.2. The van der Waals surface area contributed by atoms with Crippen LogP contribution in [0.1, 0.15) is 16.1 Å². The van der Waals surface area contributed by atoms with E-state index in [1.165, 1.54) is 11.9 Å². The number of hydrogen-bond acceptors (Lipinski definition) is 5. The van der Waals surface area contributed by atoms with Gasteiger partial charge in [0.25, 0.3) is 5.91 Å². The van der Waals surface area contributed by atoms with Crippen LogP contribution < -0.4 is 9.64 Å². The lowest BCUT2D eigenvalue weighted by atomic mass is 10.2. The van der Waals surface area contributed by atoms with Crippen molar-refractivity contribution in [3.8, 4) is 23.3 Å². The maximum absolute atomic E-state index is 12.7. The van der Waals surface area contributed by atoms with Crippen molar-refractivity contribution in [2.45, 2.75) is 0 Å². The Hall–Kier alpha value is -3.30. The van der Waals surface area contributed by atoms with Gasteiger partial charge in [0.1, 0.15) is 11.8 Å². The fourth-order valence-corrected chi connectivity index (χ4v) is 2.47. The molecule has 0 fully saturated rings. The Morgan fingerprint density at radius 2 is 1.85 bits per heavy atom. The molecule has 1 aromatic heterocycles. The molecule has 2 aromatic carbocycles. The molecule has 26 heavy (non-hydrogen) atoms. The zero-order valence-electron chi connectivity index (χ0n) is 14.1. The molecule has 0 N–H and O–H groups in total. The third kappa shape index (κ3) is 3.39. The second kappa shape index (κ2) is 7.30. The van der Waals surface area contributed by atoms with Crippen LogP contribution >= 0.6 is 11.6 Å². The Balaban J connectivity index is 1.93. The average molecular weight is 368 g/mol. The summed E-state index contributed by atoms with van der Waals surface area (Å²) in [5.74, 6) is 0.635. The van der Waals surface area contributed by atoms with Gasteiger partial charge in [-0.05, 0) is 48.5 Å². The number of nitrogens with zero attached hydrogens (tertiary/aromatic N) is 3. The number of benzene rings is 2. The predicted molar refractivity (Wildman–Crippen MR) is 97.4 cm³/mol. The number of aromatic nitrogens is 1. The smallest absolute Gasteiger partial charge is 0.260 e. The largest absolute Gasteiger partial charge is 0.497 e. The van der Waals surface area contributed by atoms with E-state index >= 15 is 0 Å². The van der Waals surface area contributed by atoms with Crippen LogP contribution in [0.25, 0.3) is 11.5 Å². The minimum atomic E-state index is -0.331. The Kier molecular flexibility index (Phi) is 4.92. The molecule has 0 saturated heterocycles. The van der Waals surface area contributed by atoms with E-state index in [1.807, 2.05) is 6.07 Å². The van der Waals surface area contributed by atoms with E-state index in [4.69, 9.17) is 20.8 Å². The first-order chi connectivity index (χ1) is 12.5. The molecule has 0 radical (unpaired) electrons. The summed E-state index contributed by atoms with van der Waals surface area (Å²) in [5, 5.41) is 9.92. The molecule has 1 amide bonds. The first kappa shape index (κ1) is 17.5. The van der Waals surface area contributed by atoms with Gasteiger partial charge in [-0.3, -0.25) is 9.69 Å². The van der Waals surface area contributed by atoms with E-state index < -0.39 is 0 Å². The highest BCUT2D eigenvalue weighted by Gasteiger charge is 2.23. The van der Waals surface area contributed by atoms with Gasteiger partial charge in [0.05, 0.1) is 7.11 Å². The molecule has 0 saturated carbocycles. The standard InChI is InChI=1S/C19H14ClN3O3/c1-23(18(24)13-5-9-15(25-2)10-6-13)19-16(11-21)22-17(26-19)12-3-7-14(20)8-4-12/h3-10H,1-2H3. The lowest BCUT2D eigenvalue weighted by molar-refractivity contribution is 0.0989. The average Bonchev–Trinajstić information content (AvgIpc) is 3.12. The summed E-state index contributed by atoms with van der Waals surface area (Å²) in [4.78, 5) is 18.1. The summed E-state index contributed by atoms with van der Waals surface area (Å²) >= 11 is 5.88. The van der Waals surface area contributed by atoms with Gasteiger partial charge in [0.15, 0.2) is 0 Å². The molecular formula is C19H14ClN3O3. The number of halogens is 1. The third-order valence-electron chi connectivity index (χ3n) is 3.75. The minimum absolute atomic E-state index is 0.0271. The molecule has 3 rings (SSSR count). The first-order valence-electron chi connectivity index (χ1n) is 7.62. The maximum Gasteiger partial charge on any atom is 0.260 e. The zero-order chi connectivity index (χ0) is 18.7. The molecule has 0 atom stereocenters. The van der Waals surface area contributed by atoms with Gasteiger partial charge in [-0.25, -0.2) is 0 Å². The van der Waals surface area contributed by atoms with Gasteiger partial charge in [0.2, 0.25) is 17.5 Å². The van der Waals surface area contributed by atoms with E-state index in [0.29, 0.717) is 21.9 Å². The SMILES string of the molecule is COc1ccc(C(=O)N(C)c2oc(-c3ccc(Cl)cc3)nc2C#N)cc1. The Morgan fingerprint density at radius 1 is 1.19 bits per heavy atom. The van der Waals surface area contributed by atoms with Crippen molar-refractivity contribution in [3.05, 3.63) is 64.8 Å². The highest BCUT2D eigenvalue weighted by molar-refractivity contribution is 6.30.